The van der Waals surface area contributed by atoms with E-state index in [9.17, 15) is 19.5 Å². The summed E-state index contributed by atoms with van der Waals surface area (Å²) < 4.78 is 10.4. The van der Waals surface area contributed by atoms with Gasteiger partial charge >= 0.3 is 5.97 Å². The van der Waals surface area contributed by atoms with Crippen molar-refractivity contribution in [1.29, 1.82) is 0 Å². The number of rotatable bonds is 12. The lowest BCUT2D eigenvalue weighted by Gasteiger charge is -2.27. The number of methoxy groups -OCH3 is 1. The van der Waals surface area contributed by atoms with E-state index in [1.165, 1.54) is 12.0 Å². The van der Waals surface area contributed by atoms with Crippen LogP contribution in [0.3, 0.4) is 0 Å². The number of carbonyl (C=O) groups is 3. The molecule has 1 aliphatic heterocycles. The van der Waals surface area contributed by atoms with Gasteiger partial charge in [0, 0.05) is 12.1 Å². The first kappa shape index (κ1) is 27.9. The van der Waals surface area contributed by atoms with E-state index in [0.29, 0.717) is 42.0 Å². The number of Topliss-reactive ketones (excluding diaryl/α,β-unsaturated/α-hetero) is 1. The monoisotopic (exact) mass is 508 g/mol. The molecular formula is C29H36N2O6. The number of hydrogen-bond donors (Lipinski definition) is 1. The van der Waals surface area contributed by atoms with Crippen LogP contribution >= 0.6 is 0 Å². The number of nitrogens with zero attached hydrogens (tertiary/aromatic N) is 2. The van der Waals surface area contributed by atoms with Crippen LogP contribution in [0.2, 0.25) is 0 Å². The van der Waals surface area contributed by atoms with Crippen LogP contribution in [-0.4, -0.2) is 72.5 Å². The van der Waals surface area contributed by atoms with E-state index in [1.807, 2.05) is 6.92 Å². The highest BCUT2D eigenvalue weighted by atomic mass is 16.5. The SMILES string of the molecule is CCCOc1ccc(/C(O)=C2\C(=O)C(=O)N(CCCN(CC)CC)C2c2ccc(C(=O)OC)cc2)cc1. The van der Waals surface area contributed by atoms with Gasteiger partial charge in [0.2, 0.25) is 0 Å². The standard InChI is InChI=1S/C29H36N2O6/c1-5-19-37-23-15-13-21(14-16-23)26(32)24-25(20-9-11-22(12-10-20)29(35)36-4)31(28(34)27(24)33)18-8-17-30(6-2)7-3/h9-16,25,32H,5-8,17-19H2,1-4H3/b26-24+. The Bertz CT molecular complexity index is 1120. The summed E-state index contributed by atoms with van der Waals surface area (Å²) in [6, 6.07) is 12.6. The van der Waals surface area contributed by atoms with Crippen molar-refractivity contribution in [2.45, 2.75) is 39.7 Å². The van der Waals surface area contributed by atoms with Gasteiger partial charge in [-0.1, -0.05) is 32.9 Å². The third-order valence-corrected chi connectivity index (χ3v) is 6.56. The first-order valence-electron chi connectivity index (χ1n) is 12.8. The van der Waals surface area contributed by atoms with Gasteiger partial charge < -0.3 is 24.4 Å². The number of ketones is 1. The molecule has 0 aromatic heterocycles. The average Bonchev–Trinajstić information content (AvgIpc) is 3.18. The highest BCUT2D eigenvalue weighted by molar-refractivity contribution is 6.46. The number of hydrogen-bond acceptors (Lipinski definition) is 7. The van der Waals surface area contributed by atoms with Crippen LogP contribution in [0.15, 0.2) is 54.1 Å². The zero-order valence-corrected chi connectivity index (χ0v) is 22.0. The molecule has 1 atom stereocenters. The van der Waals surface area contributed by atoms with Crippen molar-refractivity contribution in [2.75, 3.05) is 39.9 Å². The Morgan fingerprint density at radius 3 is 2.16 bits per heavy atom. The summed E-state index contributed by atoms with van der Waals surface area (Å²) in [4.78, 5) is 42.1. The Morgan fingerprint density at radius 2 is 1.59 bits per heavy atom. The fourth-order valence-corrected chi connectivity index (χ4v) is 4.47. The summed E-state index contributed by atoms with van der Waals surface area (Å²) in [6.45, 7) is 9.67. The second-order valence-electron chi connectivity index (χ2n) is 8.86. The highest BCUT2D eigenvalue weighted by Gasteiger charge is 2.45. The Hall–Kier alpha value is -3.65. The number of carbonyl (C=O) groups excluding carboxylic acids is 3. The molecule has 0 radical (unpaired) electrons. The zero-order valence-electron chi connectivity index (χ0n) is 22.0. The molecule has 2 aromatic carbocycles. The number of ether oxygens (including phenoxy) is 2. The van der Waals surface area contributed by atoms with Gasteiger partial charge in [0.05, 0.1) is 30.9 Å². The molecule has 37 heavy (non-hydrogen) atoms. The Labute approximate surface area is 218 Å². The smallest absolute Gasteiger partial charge is 0.337 e. The maximum absolute atomic E-state index is 13.2. The molecule has 1 amide bonds. The fourth-order valence-electron chi connectivity index (χ4n) is 4.47. The van der Waals surface area contributed by atoms with Crippen molar-refractivity contribution in [3.63, 3.8) is 0 Å². The first-order chi connectivity index (χ1) is 17.9. The first-order valence-corrected chi connectivity index (χ1v) is 12.8. The molecule has 3 rings (SSSR count). The maximum atomic E-state index is 13.2. The molecule has 1 saturated heterocycles. The normalized spacial score (nSPS) is 16.9. The summed E-state index contributed by atoms with van der Waals surface area (Å²) in [7, 11) is 1.31. The maximum Gasteiger partial charge on any atom is 0.337 e. The highest BCUT2D eigenvalue weighted by Crippen LogP contribution is 2.39. The van der Waals surface area contributed by atoms with Crippen molar-refractivity contribution < 1.29 is 29.0 Å². The molecule has 0 aliphatic carbocycles. The molecule has 2 aromatic rings. The summed E-state index contributed by atoms with van der Waals surface area (Å²) in [5.41, 5.74) is 1.42. The molecule has 198 valence electrons. The van der Waals surface area contributed by atoms with Crippen molar-refractivity contribution in [2.24, 2.45) is 0 Å². The Balaban J connectivity index is 2.00. The molecule has 1 heterocycles. The lowest BCUT2D eigenvalue weighted by Crippen LogP contribution is -2.33. The number of esters is 1. The lowest BCUT2D eigenvalue weighted by molar-refractivity contribution is -0.140. The van der Waals surface area contributed by atoms with E-state index in [4.69, 9.17) is 9.47 Å². The van der Waals surface area contributed by atoms with Crippen LogP contribution in [0, 0.1) is 0 Å². The van der Waals surface area contributed by atoms with Crippen LogP contribution in [0.5, 0.6) is 5.75 Å². The lowest BCUT2D eigenvalue weighted by atomic mass is 9.94. The van der Waals surface area contributed by atoms with Crippen LogP contribution in [0.1, 0.15) is 61.1 Å². The second-order valence-corrected chi connectivity index (χ2v) is 8.86. The van der Waals surface area contributed by atoms with Crippen molar-refractivity contribution in [3.05, 3.63) is 70.8 Å². The van der Waals surface area contributed by atoms with Crippen LogP contribution in [0.4, 0.5) is 0 Å². The predicted octanol–water partition coefficient (Wildman–Crippen LogP) is 4.42. The number of amides is 1. The second kappa shape index (κ2) is 13.1. The minimum Gasteiger partial charge on any atom is -0.507 e. The van der Waals surface area contributed by atoms with E-state index >= 15 is 0 Å². The third-order valence-electron chi connectivity index (χ3n) is 6.56. The van der Waals surface area contributed by atoms with Crippen molar-refractivity contribution in [3.8, 4) is 5.75 Å². The Morgan fingerprint density at radius 1 is 0.973 bits per heavy atom. The topological polar surface area (TPSA) is 96.4 Å². The molecule has 0 spiro atoms. The largest absolute Gasteiger partial charge is 0.507 e. The van der Waals surface area contributed by atoms with Gasteiger partial charge in [0.25, 0.3) is 11.7 Å². The quantitative estimate of drug-likeness (QED) is 0.196. The molecule has 0 saturated carbocycles. The molecule has 1 N–H and O–H groups in total. The molecule has 8 heteroatoms. The third kappa shape index (κ3) is 6.38. The average molecular weight is 509 g/mol. The molecule has 1 fully saturated rings. The van der Waals surface area contributed by atoms with E-state index in [2.05, 4.69) is 18.7 Å². The van der Waals surface area contributed by atoms with Crippen LogP contribution in [-0.2, 0) is 14.3 Å². The molecule has 1 unspecified atom stereocenters. The van der Waals surface area contributed by atoms with E-state index in [0.717, 1.165) is 26.1 Å². The summed E-state index contributed by atoms with van der Waals surface area (Å²) in [5, 5.41) is 11.3. The van der Waals surface area contributed by atoms with Gasteiger partial charge in [0.1, 0.15) is 11.5 Å². The van der Waals surface area contributed by atoms with E-state index in [1.54, 1.807) is 48.5 Å². The number of aliphatic hydroxyl groups excluding tert-OH is 1. The predicted molar refractivity (Wildman–Crippen MR) is 141 cm³/mol. The van der Waals surface area contributed by atoms with Crippen LogP contribution in [0.25, 0.3) is 5.76 Å². The van der Waals surface area contributed by atoms with Gasteiger partial charge in [0.15, 0.2) is 0 Å². The molecule has 8 nitrogen and oxygen atoms in total. The number of likely N-dealkylation sites (tertiary alicyclic amines) is 1. The number of aliphatic hydroxyl groups is 1. The summed E-state index contributed by atoms with van der Waals surface area (Å²) in [5.74, 6) is -1.44. The minimum atomic E-state index is -0.778. The minimum absolute atomic E-state index is 0.0286. The van der Waals surface area contributed by atoms with E-state index in [-0.39, 0.29) is 11.3 Å². The van der Waals surface area contributed by atoms with Gasteiger partial charge in [-0.05, 0) is 74.4 Å². The Kier molecular flexibility index (Phi) is 9.85. The van der Waals surface area contributed by atoms with Crippen molar-refractivity contribution in [1.82, 2.24) is 9.80 Å². The molecule has 1 aliphatic rings. The fraction of sp³-hybridized carbons (Fsp3) is 0.414. The van der Waals surface area contributed by atoms with Gasteiger partial charge in [-0.2, -0.15) is 0 Å². The van der Waals surface area contributed by atoms with Gasteiger partial charge in [-0.3, -0.25) is 9.59 Å². The molecule has 0 bridgehead atoms. The zero-order chi connectivity index (χ0) is 26.9. The van der Waals surface area contributed by atoms with Gasteiger partial charge in [-0.25, -0.2) is 4.79 Å². The van der Waals surface area contributed by atoms with Crippen molar-refractivity contribution >= 4 is 23.4 Å². The summed E-state index contributed by atoms with van der Waals surface area (Å²) in [6.07, 6.45) is 1.54. The number of benzene rings is 2. The van der Waals surface area contributed by atoms with Crippen LogP contribution < -0.4 is 4.74 Å². The van der Waals surface area contributed by atoms with E-state index < -0.39 is 23.7 Å². The summed E-state index contributed by atoms with van der Waals surface area (Å²) >= 11 is 0. The van der Waals surface area contributed by atoms with Gasteiger partial charge in [-0.15, -0.1) is 0 Å². The molecular weight excluding hydrogens is 472 g/mol.